The number of Topliss-reactive ketones (excluding diaryl/α,β-unsaturated/α-hetero) is 1. The van der Waals surface area contributed by atoms with Gasteiger partial charge in [0.25, 0.3) is 5.78 Å². The van der Waals surface area contributed by atoms with E-state index < -0.39 is 17.7 Å². The molecule has 0 bridgehead atoms. The highest BCUT2D eigenvalue weighted by Gasteiger charge is 2.49. The van der Waals surface area contributed by atoms with Gasteiger partial charge in [0.05, 0.1) is 11.8 Å². The van der Waals surface area contributed by atoms with Crippen molar-refractivity contribution in [3.8, 4) is 5.75 Å². The first kappa shape index (κ1) is 24.4. The Morgan fingerprint density at radius 3 is 2.74 bits per heavy atom. The number of aliphatic hydroxyl groups is 1. The number of amides is 1. The molecule has 4 heterocycles. The quantitative estimate of drug-likeness (QED) is 0.108. The number of ketones is 1. The molecule has 2 aromatic carbocycles. The monoisotopic (exact) mass is 545 g/mol. The highest BCUT2D eigenvalue weighted by molar-refractivity contribution is 8.00. The lowest BCUT2D eigenvalue weighted by Crippen LogP contribution is -2.29. The van der Waals surface area contributed by atoms with Gasteiger partial charge >= 0.3 is 5.91 Å². The number of benzene rings is 2. The van der Waals surface area contributed by atoms with Crippen LogP contribution in [-0.2, 0) is 21.8 Å². The summed E-state index contributed by atoms with van der Waals surface area (Å²) in [4.78, 5) is 27.9. The van der Waals surface area contributed by atoms with Crippen LogP contribution >= 0.6 is 23.1 Å². The standard InChI is InChI=1S/C28H23N3O5S2/c1-15-5-7-17(8-6-15)14-37-28-30-29-27(38-28)31-23(21-4-3-11-35-21)22(25(33)26(31)34)24(32)18-9-10-20-19(13-18)12-16(2)36-20/h3-11,13,16,23,32H,12,14H2,1-2H3/b24-22+. The third-order valence-corrected chi connectivity index (χ3v) is 8.64. The number of aliphatic hydroxyl groups excluding tert-OH is 1. The second-order valence-electron chi connectivity index (χ2n) is 9.26. The third kappa shape index (κ3) is 4.39. The van der Waals surface area contributed by atoms with Gasteiger partial charge in [-0.15, -0.1) is 10.2 Å². The van der Waals surface area contributed by atoms with Gasteiger partial charge in [-0.05, 0) is 55.3 Å². The Morgan fingerprint density at radius 2 is 1.97 bits per heavy atom. The van der Waals surface area contributed by atoms with Crippen molar-refractivity contribution in [2.45, 2.75) is 42.5 Å². The predicted molar refractivity (Wildman–Crippen MR) is 144 cm³/mol. The van der Waals surface area contributed by atoms with Crippen molar-refractivity contribution in [2.24, 2.45) is 0 Å². The maximum atomic E-state index is 13.3. The van der Waals surface area contributed by atoms with Crippen molar-refractivity contribution >= 4 is 45.7 Å². The summed E-state index contributed by atoms with van der Waals surface area (Å²) in [6.45, 7) is 4.01. The van der Waals surface area contributed by atoms with E-state index >= 15 is 0 Å². The molecule has 0 spiro atoms. The predicted octanol–water partition coefficient (Wildman–Crippen LogP) is 5.68. The summed E-state index contributed by atoms with van der Waals surface area (Å²) in [5.74, 6) is -0.0892. The Hall–Kier alpha value is -3.89. The number of hydrogen-bond acceptors (Lipinski definition) is 9. The molecule has 2 aliphatic rings. The highest BCUT2D eigenvalue weighted by Crippen LogP contribution is 2.44. The molecule has 0 radical (unpaired) electrons. The van der Waals surface area contributed by atoms with Crippen LogP contribution in [0.2, 0.25) is 0 Å². The van der Waals surface area contributed by atoms with Crippen LogP contribution in [0.4, 0.5) is 5.13 Å². The van der Waals surface area contributed by atoms with E-state index in [9.17, 15) is 14.7 Å². The maximum Gasteiger partial charge on any atom is 0.302 e. The molecule has 0 aliphatic carbocycles. The van der Waals surface area contributed by atoms with Crippen molar-refractivity contribution in [1.29, 1.82) is 0 Å². The summed E-state index contributed by atoms with van der Waals surface area (Å²) in [7, 11) is 0. The molecular weight excluding hydrogens is 522 g/mol. The largest absolute Gasteiger partial charge is 0.507 e. The number of rotatable bonds is 6. The van der Waals surface area contributed by atoms with Crippen LogP contribution in [-0.4, -0.2) is 33.1 Å². The fourth-order valence-electron chi connectivity index (χ4n) is 4.66. The molecule has 2 aromatic heterocycles. The van der Waals surface area contributed by atoms with E-state index in [1.165, 1.54) is 39.8 Å². The van der Waals surface area contributed by atoms with Crippen molar-refractivity contribution in [3.63, 3.8) is 0 Å². The Morgan fingerprint density at radius 1 is 1.16 bits per heavy atom. The minimum Gasteiger partial charge on any atom is -0.507 e. The lowest BCUT2D eigenvalue weighted by molar-refractivity contribution is -0.132. The SMILES string of the molecule is Cc1ccc(CSc2nnc(N3C(=O)C(=O)/C(=C(/O)c4ccc5c(c4)CC(C)O5)C3c3ccco3)s2)cc1. The lowest BCUT2D eigenvalue weighted by Gasteiger charge is -2.20. The molecule has 1 saturated heterocycles. The summed E-state index contributed by atoms with van der Waals surface area (Å²) in [5, 5.41) is 20.1. The molecule has 8 nitrogen and oxygen atoms in total. The van der Waals surface area contributed by atoms with Gasteiger partial charge in [0.2, 0.25) is 5.13 Å². The van der Waals surface area contributed by atoms with Gasteiger partial charge in [0.1, 0.15) is 29.4 Å². The highest BCUT2D eigenvalue weighted by atomic mass is 32.2. The minimum absolute atomic E-state index is 0.0339. The summed E-state index contributed by atoms with van der Waals surface area (Å²) < 4.78 is 12.1. The molecule has 38 heavy (non-hydrogen) atoms. The van der Waals surface area contributed by atoms with Gasteiger partial charge in [-0.2, -0.15) is 0 Å². The Bertz CT molecular complexity index is 1560. The van der Waals surface area contributed by atoms with Crippen molar-refractivity contribution in [3.05, 3.63) is 94.4 Å². The number of furan rings is 1. The number of aromatic nitrogens is 2. The van der Waals surface area contributed by atoms with Gasteiger partial charge < -0.3 is 14.3 Å². The van der Waals surface area contributed by atoms with Crippen LogP contribution in [0, 0.1) is 6.92 Å². The van der Waals surface area contributed by atoms with E-state index in [2.05, 4.69) is 34.5 Å². The van der Waals surface area contributed by atoms with Crippen LogP contribution in [0.3, 0.4) is 0 Å². The van der Waals surface area contributed by atoms with E-state index in [1.54, 1.807) is 30.3 Å². The van der Waals surface area contributed by atoms with Crippen LogP contribution in [0.5, 0.6) is 5.75 Å². The minimum atomic E-state index is -0.976. The average Bonchev–Trinajstić information content (AvgIpc) is 3.70. The second-order valence-corrected chi connectivity index (χ2v) is 11.4. The van der Waals surface area contributed by atoms with Crippen LogP contribution in [0.1, 0.15) is 41.0 Å². The number of thioether (sulfide) groups is 1. The number of fused-ring (bicyclic) bond motifs is 1. The number of anilines is 1. The van der Waals surface area contributed by atoms with Crippen LogP contribution in [0.15, 0.2) is 75.2 Å². The third-order valence-electron chi connectivity index (χ3n) is 6.51. The Kier molecular flexibility index (Phi) is 6.29. The molecule has 10 heteroatoms. The molecule has 6 rings (SSSR count). The first-order valence-corrected chi connectivity index (χ1v) is 13.9. The average molecular weight is 546 g/mol. The molecule has 4 aromatic rings. The zero-order chi connectivity index (χ0) is 26.4. The molecular formula is C28H23N3O5S2. The lowest BCUT2D eigenvalue weighted by atomic mass is 9.97. The normalized spacial score (nSPS) is 20.1. The Balaban J connectivity index is 1.35. The van der Waals surface area contributed by atoms with E-state index in [0.29, 0.717) is 27.8 Å². The van der Waals surface area contributed by atoms with Crippen molar-refractivity contribution in [1.82, 2.24) is 10.2 Å². The first-order chi connectivity index (χ1) is 18.4. The van der Waals surface area contributed by atoms with E-state index in [4.69, 9.17) is 9.15 Å². The number of carbonyl (C=O) groups is 2. The zero-order valence-electron chi connectivity index (χ0n) is 20.6. The summed E-state index contributed by atoms with van der Waals surface area (Å²) >= 11 is 2.72. The molecule has 0 saturated carbocycles. The van der Waals surface area contributed by atoms with Gasteiger partial charge in [0.15, 0.2) is 4.34 Å². The van der Waals surface area contributed by atoms with Crippen LogP contribution < -0.4 is 9.64 Å². The smallest absolute Gasteiger partial charge is 0.302 e. The number of aryl methyl sites for hydroxylation is 1. The maximum absolute atomic E-state index is 13.3. The Labute approximate surface area is 227 Å². The van der Waals surface area contributed by atoms with E-state index in [1.807, 2.05) is 13.8 Å². The number of ether oxygens (including phenoxy) is 1. The summed E-state index contributed by atoms with van der Waals surface area (Å²) in [6.07, 6.45) is 2.19. The molecule has 2 atom stereocenters. The summed E-state index contributed by atoms with van der Waals surface area (Å²) in [6, 6.07) is 15.9. The van der Waals surface area contributed by atoms with E-state index in [0.717, 1.165) is 16.9 Å². The first-order valence-electron chi connectivity index (χ1n) is 12.0. The van der Waals surface area contributed by atoms with Crippen LogP contribution in [0.25, 0.3) is 5.76 Å². The zero-order valence-corrected chi connectivity index (χ0v) is 22.2. The molecule has 192 valence electrons. The molecule has 1 amide bonds. The number of hydrogen-bond donors (Lipinski definition) is 1. The molecule has 2 aliphatic heterocycles. The topological polar surface area (TPSA) is 106 Å². The van der Waals surface area contributed by atoms with Crippen molar-refractivity contribution < 1.29 is 23.8 Å². The number of nitrogens with zero attached hydrogens (tertiary/aromatic N) is 3. The fraction of sp³-hybridized carbons (Fsp3) is 0.214. The van der Waals surface area contributed by atoms with Gasteiger partial charge in [-0.1, -0.05) is 52.9 Å². The van der Waals surface area contributed by atoms with Gasteiger partial charge in [-0.25, -0.2) is 0 Å². The molecule has 1 fully saturated rings. The molecule has 1 N–H and O–H groups in total. The van der Waals surface area contributed by atoms with Crippen molar-refractivity contribution in [2.75, 3.05) is 4.90 Å². The van der Waals surface area contributed by atoms with Gasteiger partial charge in [0, 0.05) is 17.7 Å². The second kappa shape index (κ2) is 9.77. The summed E-state index contributed by atoms with van der Waals surface area (Å²) in [5.41, 5.74) is 3.64. The number of carbonyl (C=O) groups excluding carboxylic acids is 2. The van der Waals surface area contributed by atoms with Gasteiger partial charge in [-0.3, -0.25) is 14.5 Å². The molecule has 2 unspecified atom stereocenters. The fourth-order valence-corrected chi connectivity index (χ4v) is 6.48. The van der Waals surface area contributed by atoms with E-state index in [-0.39, 0.29) is 22.6 Å².